The highest BCUT2D eigenvalue weighted by Gasteiger charge is 2.28. The molecule has 1 atom stereocenters. The van der Waals surface area contributed by atoms with Crippen molar-refractivity contribution in [3.63, 3.8) is 0 Å². The Kier molecular flexibility index (Phi) is 13.1. The molecule has 12 nitrogen and oxygen atoms in total. The van der Waals surface area contributed by atoms with Gasteiger partial charge in [-0.3, -0.25) is 14.5 Å². The van der Waals surface area contributed by atoms with E-state index >= 15 is 0 Å². The molecule has 4 aromatic rings. The van der Waals surface area contributed by atoms with Crippen molar-refractivity contribution in [1.82, 2.24) is 24.3 Å². The van der Waals surface area contributed by atoms with E-state index in [1.165, 1.54) is 5.56 Å². The number of hydrogen-bond donors (Lipinski definition) is 2. The number of hydrogen-bond acceptors (Lipinski definition) is 11. The highest BCUT2D eigenvalue weighted by Crippen LogP contribution is 2.26. The maximum absolute atomic E-state index is 14.3. The van der Waals surface area contributed by atoms with Crippen LogP contribution in [0.4, 0.5) is 11.8 Å². The molecule has 1 aliphatic rings. The van der Waals surface area contributed by atoms with Gasteiger partial charge in [0.2, 0.25) is 5.95 Å². The monoisotopic (exact) mass is 713 g/mol. The first-order valence-electron chi connectivity index (χ1n) is 18.3. The maximum Gasteiger partial charge on any atom is 0.311 e. The van der Waals surface area contributed by atoms with Crippen LogP contribution in [0.2, 0.25) is 0 Å². The minimum Gasteiger partial charge on any atom is -0.497 e. The second kappa shape index (κ2) is 17.7. The molecule has 2 aromatic carbocycles. The number of methoxy groups -OCH3 is 2. The Hall–Kier alpha value is -4.68. The van der Waals surface area contributed by atoms with Crippen molar-refractivity contribution in [2.45, 2.75) is 72.6 Å². The van der Waals surface area contributed by atoms with E-state index in [1.807, 2.05) is 57.2 Å². The van der Waals surface area contributed by atoms with E-state index in [1.54, 1.807) is 25.0 Å². The molecule has 2 aromatic heterocycles. The van der Waals surface area contributed by atoms with Crippen LogP contribution >= 0.6 is 0 Å². The lowest BCUT2D eigenvalue weighted by atomic mass is 9.91. The molecule has 12 heteroatoms. The van der Waals surface area contributed by atoms with Gasteiger partial charge in [-0.2, -0.15) is 4.98 Å². The number of ether oxygens (including phenoxy) is 3. The Morgan fingerprint density at radius 2 is 1.67 bits per heavy atom. The van der Waals surface area contributed by atoms with Crippen molar-refractivity contribution in [3.8, 4) is 11.5 Å². The fraction of sp³-hybridized carbons (Fsp3) is 0.500. The summed E-state index contributed by atoms with van der Waals surface area (Å²) < 4.78 is 18.6. The van der Waals surface area contributed by atoms with E-state index in [4.69, 9.17) is 24.2 Å². The van der Waals surface area contributed by atoms with Gasteiger partial charge in [-0.05, 0) is 69.1 Å². The molecule has 0 spiro atoms. The molecule has 0 aliphatic carbocycles. The Morgan fingerprint density at radius 3 is 2.35 bits per heavy atom. The summed E-state index contributed by atoms with van der Waals surface area (Å²) in [6.07, 6.45) is 3.98. The van der Waals surface area contributed by atoms with Gasteiger partial charge in [0.25, 0.3) is 5.56 Å². The number of anilines is 2. The molecule has 2 N–H and O–H groups in total. The Morgan fingerprint density at radius 1 is 0.942 bits per heavy atom. The van der Waals surface area contributed by atoms with Gasteiger partial charge < -0.3 is 34.3 Å². The van der Waals surface area contributed by atoms with Gasteiger partial charge in [-0.1, -0.05) is 44.5 Å². The number of piperazine rings is 1. The predicted molar refractivity (Wildman–Crippen MR) is 206 cm³/mol. The lowest BCUT2D eigenvalue weighted by molar-refractivity contribution is -0.154. The molecule has 280 valence electrons. The number of carbonyl (C=O) groups is 1. The molecule has 52 heavy (non-hydrogen) atoms. The van der Waals surface area contributed by atoms with Crippen molar-refractivity contribution >= 4 is 28.6 Å². The van der Waals surface area contributed by atoms with Crippen LogP contribution in [0.1, 0.15) is 63.6 Å². The molecule has 5 rings (SSSR count). The summed E-state index contributed by atoms with van der Waals surface area (Å²) in [5.74, 6) is 2.03. The second-order valence-electron chi connectivity index (χ2n) is 14.3. The number of esters is 1. The number of nitrogens with one attached hydrogen (secondary N) is 2. The van der Waals surface area contributed by atoms with Crippen LogP contribution in [0.5, 0.6) is 11.5 Å². The minimum atomic E-state index is -0.589. The normalized spacial score (nSPS) is 14.6. The molecule has 1 saturated heterocycles. The first-order valence-corrected chi connectivity index (χ1v) is 18.3. The van der Waals surface area contributed by atoms with Gasteiger partial charge >= 0.3 is 5.97 Å². The van der Waals surface area contributed by atoms with Crippen LogP contribution in [-0.2, 0) is 29.2 Å². The molecule has 1 aliphatic heterocycles. The van der Waals surface area contributed by atoms with Crippen LogP contribution in [0.15, 0.2) is 59.5 Å². The summed E-state index contributed by atoms with van der Waals surface area (Å²) in [6, 6.07) is 15.6. The van der Waals surface area contributed by atoms with Crippen LogP contribution in [0, 0.1) is 5.41 Å². The lowest BCUT2D eigenvalue weighted by Gasteiger charge is -2.32. The van der Waals surface area contributed by atoms with E-state index in [2.05, 4.69) is 46.5 Å². The molecule has 0 unspecified atom stereocenters. The minimum absolute atomic E-state index is 0.148. The van der Waals surface area contributed by atoms with Crippen molar-refractivity contribution in [3.05, 3.63) is 81.8 Å². The SMILES string of the molecule is CCC[C@@H](COC(=O)C(C)(C)CC)Nc1nc(NCc2ccc(OC)cc2)nc2ccn(Cc3ccc(CN4CCN(C)CC4)cc3OC)c(=O)c12. The smallest absolute Gasteiger partial charge is 0.311 e. The first-order chi connectivity index (χ1) is 25.0. The molecule has 0 saturated carbocycles. The van der Waals surface area contributed by atoms with Crippen molar-refractivity contribution < 1.29 is 19.0 Å². The Balaban J connectivity index is 1.44. The summed E-state index contributed by atoms with van der Waals surface area (Å²) in [6.45, 7) is 13.8. The van der Waals surface area contributed by atoms with E-state index in [-0.39, 0.29) is 24.2 Å². The van der Waals surface area contributed by atoms with Gasteiger partial charge in [0.05, 0.1) is 37.7 Å². The van der Waals surface area contributed by atoms with Crippen LogP contribution < -0.4 is 25.7 Å². The standard InChI is InChI=1S/C40H55N7O5/c1-8-10-31(27-52-38(49)40(3,4)9-2)42-36-35-33(43-39(44-36)41-24-28-12-15-32(50-6)16-13-28)17-18-47(37(35)48)26-30-14-11-29(23-34(30)51-7)25-46-21-19-45(5)20-22-46/h11-18,23,31H,8-10,19-22,24-27H2,1-7H3,(H2,41,42,43,44)/t31-/m0/s1. The number of fused-ring (bicyclic) bond motifs is 1. The Bertz CT molecular complexity index is 1850. The van der Waals surface area contributed by atoms with Crippen molar-refractivity contribution in [2.24, 2.45) is 5.41 Å². The maximum atomic E-state index is 14.3. The molecule has 0 amide bonds. The zero-order valence-corrected chi connectivity index (χ0v) is 31.8. The number of likely N-dealkylation sites (N-methyl/N-ethyl adjacent to an activating group) is 1. The van der Waals surface area contributed by atoms with Gasteiger partial charge in [-0.25, -0.2) is 4.98 Å². The highest BCUT2D eigenvalue weighted by atomic mass is 16.5. The quantitative estimate of drug-likeness (QED) is 0.130. The first kappa shape index (κ1) is 38.5. The molecular formula is C40H55N7O5. The van der Waals surface area contributed by atoms with Crippen LogP contribution in [-0.4, -0.2) is 90.4 Å². The van der Waals surface area contributed by atoms with E-state index in [0.29, 0.717) is 48.6 Å². The summed E-state index contributed by atoms with van der Waals surface area (Å²) in [4.78, 5) is 41.6. The molecule has 1 fully saturated rings. The van der Waals surface area contributed by atoms with E-state index in [0.717, 1.165) is 61.8 Å². The molecule has 0 bridgehead atoms. The van der Waals surface area contributed by atoms with E-state index < -0.39 is 5.41 Å². The number of pyridine rings is 1. The predicted octanol–water partition coefficient (Wildman–Crippen LogP) is 5.78. The summed E-state index contributed by atoms with van der Waals surface area (Å²) in [5.41, 5.74) is 2.78. The fourth-order valence-corrected chi connectivity index (χ4v) is 6.13. The number of rotatable bonds is 17. The van der Waals surface area contributed by atoms with Crippen LogP contribution in [0.3, 0.4) is 0 Å². The fourth-order valence-electron chi connectivity index (χ4n) is 6.13. The second-order valence-corrected chi connectivity index (χ2v) is 14.3. The van der Waals surface area contributed by atoms with Crippen LogP contribution in [0.25, 0.3) is 10.9 Å². The molecule has 3 heterocycles. The number of carbonyl (C=O) groups excluding carboxylic acids is 1. The zero-order chi connectivity index (χ0) is 37.3. The summed E-state index contributed by atoms with van der Waals surface area (Å²) in [7, 11) is 5.46. The average molecular weight is 714 g/mol. The topological polar surface area (TPSA) is 123 Å². The largest absolute Gasteiger partial charge is 0.497 e. The lowest BCUT2D eigenvalue weighted by Crippen LogP contribution is -2.43. The third kappa shape index (κ3) is 9.80. The molecular weight excluding hydrogens is 658 g/mol. The zero-order valence-electron chi connectivity index (χ0n) is 31.8. The van der Waals surface area contributed by atoms with Gasteiger partial charge in [-0.15, -0.1) is 0 Å². The molecule has 0 radical (unpaired) electrons. The number of nitrogens with zero attached hydrogens (tertiary/aromatic N) is 5. The van der Waals surface area contributed by atoms with Crippen molar-refractivity contribution in [1.29, 1.82) is 0 Å². The Labute approximate surface area is 307 Å². The number of benzene rings is 2. The third-order valence-corrected chi connectivity index (χ3v) is 9.96. The summed E-state index contributed by atoms with van der Waals surface area (Å²) in [5, 5.41) is 7.16. The average Bonchev–Trinajstić information content (AvgIpc) is 3.15. The van der Waals surface area contributed by atoms with Crippen molar-refractivity contribution in [2.75, 3.05) is 64.7 Å². The third-order valence-electron chi connectivity index (χ3n) is 9.96. The summed E-state index contributed by atoms with van der Waals surface area (Å²) >= 11 is 0. The van der Waals surface area contributed by atoms with Gasteiger partial charge in [0, 0.05) is 51.0 Å². The highest BCUT2D eigenvalue weighted by molar-refractivity contribution is 5.89. The van der Waals surface area contributed by atoms with Gasteiger partial charge in [0.15, 0.2) is 0 Å². The van der Waals surface area contributed by atoms with E-state index in [9.17, 15) is 9.59 Å². The van der Waals surface area contributed by atoms with Gasteiger partial charge in [0.1, 0.15) is 29.3 Å². The number of aromatic nitrogens is 3.